The summed E-state index contributed by atoms with van der Waals surface area (Å²) in [5, 5.41) is 17.6. The Hall–Kier alpha value is -4.59. The first-order chi connectivity index (χ1) is 25.9. The van der Waals surface area contributed by atoms with Crippen LogP contribution in [0.4, 0.5) is 0 Å². The van der Waals surface area contributed by atoms with Gasteiger partial charge in [0.1, 0.15) is 36.5 Å². The molecule has 9 nitrogen and oxygen atoms in total. The summed E-state index contributed by atoms with van der Waals surface area (Å²) in [6.45, 7) is 7.05. The molecular weight excluding hydrogens is 707 g/mol. The summed E-state index contributed by atoms with van der Waals surface area (Å²) in [7, 11) is 2.17. The van der Waals surface area contributed by atoms with E-state index in [1.165, 1.54) is 18.4 Å². The van der Waals surface area contributed by atoms with Gasteiger partial charge in [-0.15, -0.1) is 0 Å². The Morgan fingerprint density at radius 3 is 2.55 bits per heavy atom. The number of benzene rings is 3. The second-order valence-corrected chi connectivity index (χ2v) is 14.9. The van der Waals surface area contributed by atoms with Crippen molar-refractivity contribution >= 4 is 23.2 Å². The Balaban J connectivity index is 1.10. The molecular formula is C42H44Cl2N6O3. The molecule has 2 unspecified atom stereocenters. The highest BCUT2D eigenvalue weighted by molar-refractivity contribution is 6.35. The van der Waals surface area contributed by atoms with Crippen LogP contribution < -0.4 is 14.2 Å². The number of halogens is 2. The van der Waals surface area contributed by atoms with Gasteiger partial charge in [-0.25, -0.2) is 0 Å². The first-order valence-electron chi connectivity index (χ1n) is 18.2. The summed E-state index contributed by atoms with van der Waals surface area (Å²) in [6.07, 6.45) is 11.6. The molecule has 0 radical (unpaired) electrons. The van der Waals surface area contributed by atoms with Gasteiger partial charge < -0.3 is 19.1 Å². The number of H-pyrrole nitrogens is 1. The number of nitrogens with zero attached hydrogens (tertiary/aromatic N) is 5. The van der Waals surface area contributed by atoms with Crippen molar-refractivity contribution < 1.29 is 14.2 Å². The lowest BCUT2D eigenvalue weighted by molar-refractivity contribution is 0.150. The standard InChI is InChI=1S/C42H44Cl2N6O3/c1-28-32(8-3-9-35(28)36-10-4-12-39(42(36)44)51-25-29-7-5-13-49(2)23-29)27-53-41-17-40(52-26-31-15-30(18-45)19-46-20-31)33(16-37(41)43)24-50-14-6-11-38(50)34-21-47-48-22-34/h3-4,8-10,12,15-17,19-22,29,38H,5-7,11,13-14,23-27H2,1-2H3,(H,47,48). The molecule has 53 heavy (non-hydrogen) atoms. The Labute approximate surface area is 321 Å². The van der Waals surface area contributed by atoms with Gasteiger partial charge in [-0.3, -0.25) is 15.0 Å². The molecule has 0 aliphatic carbocycles. The average molecular weight is 752 g/mol. The zero-order chi connectivity index (χ0) is 36.7. The molecule has 0 bridgehead atoms. The predicted molar refractivity (Wildman–Crippen MR) is 207 cm³/mol. The Morgan fingerprint density at radius 2 is 1.72 bits per heavy atom. The third-order valence-electron chi connectivity index (χ3n) is 10.4. The quantitative estimate of drug-likeness (QED) is 0.127. The first kappa shape index (κ1) is 36.8. The molecule has 2 fully saturated rings. The van der Waals surface area contributed by atoms with Gasteiger partial charge in [0.2, 0.25) is 0 Å². The van der Waals surface area contributed by atoms with E-state index in [1.54, 1.807) is 18.5 Å². The monoisotopic (exact) mass is 750 g/mol. The van der Waals surface area contributed by atoms with Gasteiger partial charge in [0.05, 0.1) is 28.4 Å². The van der Waals surface area contributed by atoms with Crippen LogP contribution in [0.25, 0.3) is 11.1 Å². The molecule has 0 spiro atoms. The fourth-order valence-electron chi connectivity index (χ4n) is 7.52. The number of hydrogen-bond donors (Lipinski definition) is 1. The van der Waals surface area contributed by atoms with Crippen molar-refractivity contribution in [2.75, 3.05) is 33.3 Å². The van der Waals surface area contributed by atoms with Crippen LogP contribution in [-0.4, -0.2) is 58.3 Å². The van der Waals surface area contributed by atoms with E-state index in [1.807, 2.05) is 48.8 Å². The summed E-state index contributed by atoms with van der Waals surface area (Å²) in [4.78, 5) is 8.99. The van der Waals surface area contributed by atoms with Crippen LogP contribution in [0.15, 0.2) is 79.4 Å². The van der Waals surface area contributed by atoms with Crippen molar-refractivity contribution in [3.8, 4) is 34.4 Å². The number of likely N-dealkylation sites (tertiary alicyclic amines) is 2. The number of aromatic amines is 1. The molecule has 5 aromatic rings. The number of nitriles is 1. The lowest BCUT2D eigenvalue weighted by Gasteiger charge is -2.29. The SMILES string of the molecule is Cc1c(COc2cc(OCc3cncc(C#N)c3)c(CN3CCCC3c3cn[nH]c3)cc2Cl)cccc1-c1cccc(OCC2CCCN(C)C2)c1Cl. The Morgan fingerprint density at radius 1 is 0.887 bits per heavy atom. The van der Waals surface area contributed by atoms with E-state index in [0.717, 1.165) is 65.9 Å². The molecule has 11 heteroatoms. The average Bonchev–Trinajstić information content (AvgIpc) is 3.87. The molecule has 2 aliphatic heterocycles. The summed E-state index contributed by atoms with van der Waals surface area (Å²) >= 11 is 14.0. The zero-order valence-corrected chi connectivity index (χ0v) is 31.7. The minimum absolute atomic E-state index is 0.240. The molecule has 3 aromatic carbocycles. The van der Waals surface area contributed by atoms with Gasteiger partial charge in [-0.05, 0) is 87.6 Å². The summed E-state index contributed by atoms with van der Waals surface area (Å²) in [5.41, 5.74) is 7.42. The van der Waals surface area contributed by atoms with E-state index in [-0.39, 0.29) is 12.6 Å². The highest BCUT2D eigenvalue weighted by Gasteiger charge is 2.28. The first-order valence-corrected chi connectivity index (χ1v) is 19.0. The highest BCUT2D eigenvalue weighted by atomic mass is 35.5. The molecule has 2 atom stereocenters. The molecule has 0 amide bonds. The molecule has 2 aromatic heterocycles. The van der Waals surface area contributed by atoms with Gasteiger partial charge >= 0.3 is 0 Å². The molecule has 274 valence electrons. The van der Waals surface area contributed by atoms with Crippen LogP contribution >= 0.6 is 23.2 Å². The van der Waals surface area contributed by atoms with Crippen LogP contribution in [0.1, 0.15) is 65.1 Å². The second-order valence-electron chi connectivity index (χ2n) is 14.1. The summed E-state index contributed by atoms with van der Waals surface area (Å²) < 4.78 is 19.2. The Bertz CT molecular complexity index is 2070. The number of pyridine rings is 1. The van der Waals surface area contributed by atoms with E-state index in [4.69, 9.17) is 37.4 Å². The number of hydrogen-bond acceptors (Lipinski definition) is 8. The van der Waals surface area contributed by atoms with Crippen LogP contribution in [0.5, 0.6) is 17.2 Å². The van der Waals surface area contributed by atoms with E-state index in [9.17, 15) is 5.26 Å². The lowest BCUT2D eigenvalue weighted by atomic mass is 9.96. The number of ether oxygens (including phenoxy) is 3. The summed E-state index contributed by atoms with van der Waals surface area (Å²) in [5.74, 6) is 2.39. The lowest BCUT2D eigenvalue weighted by Crippen LogP contribution is -2.34. The predicted octanol–water partition coefficient (Wildman–Crippen LogP) is 9.17. The van der Waals surface area contributed by atoms with Gasteiger partial charge in [0.15, 0.2) is 0 Å². The zero-order valence-electron chi connectivity index (χ0n) is 30.2. The highest BCUT2D eigenvalue weighted by Crippen LogP contribution is 2.40. The number of aromatic nitrogens is 3. The maximum atomic E-state index is 9.39. The smallest absolute Gasteiger partial charge is 0.142 e. The van der Waals surface area contributed by atoms with Crippen LogP contribution in [0.3, 0.4) is 0 Å². The number of rotatable bonds is 13. The van der Waals surface area contributed by atoms with Crippen molar-refractivity contribution in [3.05, 3.63) is 123 Å². The van der Waals surface area contributed by atoms with Gasteiger partial charge in [-0.2, -0.15) is 10.4 Å². The molecule has 2 saturated heterocycles. The summed E-state index contributed by atoms with van der Waals surface area (Å²) in [6, 6.07) is 20.2. The Kier molecular flexibility index (Phi) is 11.8. The molecule has 2 aliphatic rings. The number of nitrogens with one attached hydrogen (secondary N) is 1. The minimum Gasteiger partial charge on any atom is -0.492 e. The van der Waals surface area contributed by atoms with Crippen molar-refractivity contribution in [2.24, 2.45) is 5.92 Å². The minimum atomic E-state index is 0.240. The normalized spacial score (nSPS) is 17.8. The fraction of sp³-hybridized carbons (Fsp3) is 0.357. The van der Waals surface area contributed by atoms with E-state index in [2.05, 4.69) is 57.2 Å². The third kappa shape index (κ3) is 8.80. The third-order valence-corrected chi connectivity index (χ3v) is 11.0. The second kappa shape index (κ2) is 17.0. The van der Waals surface area contributed by atoms with Crippen molar-refractivity contribution in [1.29, 1.82) is 5.26 Å². The number of piperidine rings is 1. The molecule has 7 rings (SSSR count). The van der Waals surface area contributed by atoms with Crippen LogP contribution in [0, 0.1) is 24.2 Å². The van der Waals surface area contributed by atoms with Gasteiger partial charge in [-0.1, -0.05) is 53.5 Å². The molecule has 0 saturated carbocycles. The maximum absolute atomic E-state index is 9.39. The molecule has 4 heterocycles. The van der Waals surface area contributed by atoms with Crippen LogP contribution in [0.2, 0.25) is 10.0 Å². The van der Waals surface area contributed by atoms with Crippen molar-refractivity contribution in [3.63, 3.8) is 0 Å². The van der Waals surface area contributed by atoms with Gasteiger partial charge in [0.25, 0.3) is 0 Å². The van der Waals surface area contributed by atoms with E-state index < -0.39 is 0 Å². The molecule has 1 N–H and O–H groups in total. The van der Waals surface area contributed by atoms with Crippen LogP contribution in [-0.2, 0) is 19.8 Å². The largest absolute Gasteiger partial charge is 0.492 e. The maximum Gasteiger partial charge on any atom is 0.142 e. The van der Waals surface area contributed by atoms with Crippen molar-refractivity contribution in [1.82, 2.24) is 25.0 Å². The fourth-order valence-corrected chi connectivity index (χ4v) is 8.05. The van der Waals surface area contributed by atoms with Crippen molar-refractivity contribution in [2.45, 2.75) is 58.4 Å². The topological polar surface area (TPSA) is 99.5 Å². The van der Waals surface area contributed by atoms with E-state index in [0.29, 0.717) is 58.5 Å². The van der Waals surface area contributed by atoms with Gasteiger partial charge in [0, 0.05) is 72.0 Å². The van der Waals surface area contributed by atoms with E-state index >= 15 is 0 Å².